The van der Waals surface area contributed by atoms with Gasteiger partial charge in [-0.2, -0.15) is 0 Å². The van der Waals surface area contributed by atoms with Gasteiger partial charge in [0.2, 0.25) is 0 Å². The third-order valence-electron chi connectivity index (χ3n) is 5.62. The number of hydrazine groups is 1. The molecule has 0 saturated heterocycles. The lowest BCUT2D eigenvalue weighted by Crippen LogP contribution is -2.31. The Morgan fingerprint density at radius 2 is 1.80 bits per heavy atom. The molecule has 1 fully saturated rings. The second kappa shape index (κ2) is 4.27. The number of rotatable bonds is 3. The molecule has 2 aromatic rings. The van der Waals surface area contributed by atoms with Crippen molar-refractivity contribution in [3.05, 3.63) is 42.1 Å². The van der Waals surface area contributed by atoms with E-state index in [9.17, 15) is 0 Å². The fourth-order valence-electron chi connectivity index (χ4n) is 3.72. The summed E-state index contributed by atoms with van der Waals surface area (Å²) in [6.45, 7) is 9.26. The van der Waals surface area contributed by atoms with Crippen LogP contribution in [0.2, 0.25) is 0 Å². The molecule has 1 atom stereocenters. The van der Waals surface area contributed by atoms with Crippen LogP contribution in [0.3, 0.4) is 0 Å². The molecule has 3 nitrogen and oxygen atoms in total. The summed E-state index contributed by atoms with van der Waals surface area (Å²) in [5.74, 6) is 6.37. The van der Waals surface area contributed by atoms with Crippen LogP contribution in [0.5, 0.6) is 0 Å². The Labute approximate surface area is 120 Å². The molecule has 3 rings (SSSR count). The van der Waals surface area contributed by atoms with Crippen LogP contribution in [-0.4, -0.2) is 4.98 Å². The van der Waals surface area contributed by atoms with Crippen molar-refractivity contribution in [3.63, 3.8) is 0 Å². The predicted octanol–water partition coefficient (Wildman–Crippen LogP) is 3.42. The maximum atomic E-state index is 5.85. The molecule has 1 unspecified atom stereocenters. The number of hydrogen-bond acceptors (Lipinski definition) is 3. The van der Waals surface area contributed by atoms with E-state index in [2.05, 4.69) is 50.2 Å². The number of benzene rings is 1. The second-order valence-electron chi connectivity index (χ2n) is 7.03. The summed E-state index contributed by atoms with van der Waals surface area (Å²) in [4.78, 5) is 4.56. The lowest BCUT2D eigenvalue weighted by atomic mass is 9.97. The van der Waals surface area contributed by atoms with Crippen LogP contribution in [-0.2, 0) is 0 Å². The molecule has 1 heterocycles. The molecule has 1 saturated carbocycles. The van der Waals surface area contributed by atoms with Crippen LogP contribution in [0.25, 0.3) is 10.9 Å². The Morgan fingerprint density at radius 3 is 2.40 bits per heavy atom. The van der Waals surface area contributed by atoms with Gasteiger partial charge in [-0.25, -0.2) is 0 Å². The van der Waals surface area contributed by atoms with Gasteiger partial charge >= 0.3 is 0 Å². The largest absolute Gasteiger partial charge is 0.271 e. The lowest BCUT2D eigenvalue weighted by Gasteiger charge is -2.19. The maximum absolute atomic E-state index is 5.85. The number of nitrogens with zero attached hydrogens (tertiary/aromatic N) is 1. The highest BCUT2D eigenvalue weighted by molar-refractivity contribution is 5.78. The van der Waals surface area contributed by atoms with Crippen LogP contribution >= 0.6 is 0 Å². The minimum atomic E-state index is 0.150. The average Bonchev–Trinajstić information content (AvgIpc) is 2.82. The van der Waals surface area contributed by atoms with Gasteiger partial charge in [-0.15, -0.1) is 0 Å². The van der Waals surface area contributed by atoms with Gasteiger partial charge < -0.3 is 0 Å². The van der Waals surface area contributed by atoms with Gasteiger partial charge in [0.15, 0.2) is 0 Å². The van der Waals surface area contributed by atoms with Crippen LogP contribution in [0.4, 0.5) is 0 Å². The van der Waals surface area contributed by atoms with E-state index in [4.69, 9.17) is 5.84 Å². The van der Waals surface area contributed by atoms with Crippen molar-refractivity contribution in [1.29, 1.82) is 0 Å². The van der Waals surface area contributed by atoms with Crippen molar-refractivity contribution in [3.8, 4) is 0 Å². The van der Waals surface area contributed by atoms with Crippen molar-refractivity contribution >= 4 is 10.9 Å². The van der Waals surface area contributed by atoms with Gasteiger partial charge in [0.05, 0.1) is 11.6 Å². The van der Waals surface area contributed by atoms with Crippen molar-refractivity contribution < 1.29 is 0 Å². The normalized spacial score (nSPS) is 21.9. The van der Waals surface area contributed by atoms with Gasteiger partial charge in [-0.3, -0.25) is 16.3 Å². The lowest BCUT2D eigenvalue weighted by molar-refractivity contribution is 0.417. The molecule has 0 bridgehead atoms. The highest BCUT2D eigenvalue weighted by Gasteiger charge is 2.67. The van der Waals surface area contributed by atoms with E-state index in [0.717, 1.165) is 5.52 Å². The first-order chi connectivity index (χ1) is 9.39. The third kappa shape index (κ3) is 1.77. The van der Waals surface area contributed by atoms with Crippen molar-refractivity contribution in [1.82, 2.24) is 10.4 Å². The summed E-state index contributed by atoms with van der Waals surface area (Å²) in [5.41, 5.74) is 5.80. The topological polar surface area (TPSA) is 50.9 Å². The molecule has 1 aliphatic carbocycles. The fourth-order valence-corrected chi connectivity index (χ4v) is 3.72. The Bertz CT molecular complexity index is 631. The van der Waals surface area contributed by atoms with E-state index in [0.29, 0.717) is 5.92 Å². The van der Waals surface area contributed by atoms with E-state index < -0.39 is 0 Å². The van der Waals surface area contributed by atoms with Crippen molar-refractivity contribution in [2.75, 3.05) is 0 Å². The number of aromatic nitrogens is 1. The molecule has 0 aliphatic heterocycles. The highest BCUT2D eigenvalue weighted by atomic mass is 15.2. The first-order valence-corrected chi connectivity index (χ1v) is 7.20. The monoisotopic (exact) mass is 269 g/mol. The van der Waals surface area contributed by atoms with Crippen LogP contribution in [0.1, 0.15) is 39.3 Å². The fraction of sp³-hybridized carbons (Fsp3) is 0.471. The minimum absolute atomic E-state index is 0.150. The molecular formula is C17H23N3. The van der Waals surface area contributed by atoms with Gasteiger partial charge in [-0.05, 0) is 34.4 Å². The van der Waals surface area contributed by atoms with Gasteiger partial charge in [0, 0.05) is 11.6 Å². The second-order valence-corrected chi connectivity index (χ2v) is 7.03. The first-order valence-electron chi connectivity index (χ1n) is 7.20. The predicted molar refractivity (Wildman–Crippen MR) is 82.9 cm³/mol. The van der Waals surface area contributed by atoms with Gasteiger partial charge in [-0.1, -0.05) is 45.9 Å². The van der Waals surface area contributed by atoms with E-state index in [-0.39, 0.29) is 16.9 Å². The smallest absolute Gasteiger partial charge is 0.0702 e. The Hall–Kier alpha value is -1.45. The molecule has 0 spiro atoms. The number of fused-ring (bicyclic) bond motifs is 1. The van der Waals surface area contributed by atoms with Crippen molar-refractivity contribution in [2.24, 2.45) is 22.6 Å². The summed E-state index contributed by atoms with van der Waals surface area (Å²) < 4.78 is 0. The first kappa shape index (κ1) is 13.5. The van der Waals surface area contributed by atoms with E-state index in [1.54, 1.807) is 0 Å². The van der Waals surface area contributed by atoms with Crippen LogP contribution < -0.4 is 11.3 Å². The summed E-state index contributed by atoms with van der Waals surface area (Å²) >= 11 is 0. The average molecular weight is 269 g/mol. The third-order valence-corrected chi connectivity index (χ3v) is 5.62. The minimum Gasteiger partial charge on any atom is -0.271 e. The molecule has 20 heavy (non-hydrogen) atoms. The summed E-state index contributed by atoms with van der Waals surface area (Å²) in [6, 6.07) is 10.6. The molecule has 1 aromatic heterocycles. The SMILES string of the molecule is CC1(C)C(C(NN)c2cnc3ccccc3c2)C1(C)C. The quantitative estimate of drug-likeness (QED) is 0.663. The zero-order valence-electron chi connectivity index (χ0n) is 12.6. The summed E-state index contributed by atoms with van der Waals surface area (Å²) in [7, 11) is 0. The standard InChI is InChI=1S/C17H23N3/c1-16(2)15(17(16,3)4)14(20-18)12-9-11-7-5-6-8-13(11)19-10-12/h5-10,14-15,20H,18H2,1-4H3. The Kier molecular flexibility index (Phi) is 2.89. The van der Waals surface area contributed by atoms with E-state index in [1.807, 2.05) is 24.4 Å². The molecule has 3 N–H and O–H groups in total. The molecule has 0 amide bonds. The number of pyridine rings is 1. The van der Waals surface area contributed by atoms with Gasteiger partial charge in [0.25, 0.3) is 0 Å². The molecule has 1 aliphatic rings. The number of hydrogen-bond donors (Lipinski definition) is 2. The molecule has 106 valence electrons. The number of para-hydroxylation sites is 1. The van der Waals surface area contributed by atoms with Gasteiger partial charge in [0.1, 0.15) is 0 Å². The summed E-state index contributed by atoms with van der Waals surface area (Å²) in [6.07, 6.45) is 1.96. The molecular weight excluding hydrogens is 246 g/mol. The molecule has 1 aromatic carbocycles. The number of nitrogens with two attached hydrogens (primary N) is 1. The van der Waals surface area contributed by atoms with E-state index >= 15 is 0 Å². The zero-order chi connectivity index (χ0) is 14.5. The molecule has 3 heteroatoms. The zero-order valence-corrected chi connectivity index (χ0v) is 12.6. The highest BCUT2D eigenvalue weighted by Crippen LogP contribution is 2.72. The van der Waals surface area contributed by atoms with Crippen LogP contribution in [0.15, 0.2) is 36.5 Å². The summed E-state index contributed by atoms with van der Waals surface area (Å²) in [5, 5.41) is 1.17. The Morgan fingerprint density at radius 1 is 1.15 bits per heavy atom. The maximum Gasteiger partial charge on any atom is 0.0702 e. The van der Waals surface area contributed by atoms with E-state index in [1.165, 1.54) is 10.9 Å². The van der Waals surface area contributed by atoms with Crippen molar-refractivity contribution in [2.45, 2.75) is 33.7 Å². The van der Waals surface area contributed by atoms with Crippen LogP contribution in [0, 0.1) is 16.7 Å². The molecule has 0 radical (unpaired) electrons. The Balaban J connectivity index is 2.01. The number of nitrogens with one attached hydrogen (secondary N) is 1.